The highest BCUT2D eigenvalue weighted by atomic mass is 19.1. The first-order valence-corrected chi connectivity index (χ1v) is 6.81. The summed E-state index contributed by atoms with van der Waals surface area (Å²) in [6, 6.07) is 5.52. The van der Waals surface area contributed by atoms with Crippen LogP contribution in [-0.2, 0) is 11.2 Å². The fraction of sp³-hybridized carbons (Fsp3) is 0.312. The highest BCUT2D eigenvalue weighted by molar-refractivity contribution is 5.69. The zero-order valence-electron chi connectivity index (χ0n) is 10.8. The van der Waals surface area contributed by atoms with Crippen LogP contribution in [0.25, 0.3) is 11.1 Å². The summed E-state index contributed by atoms with van der Waals surface area (Å²) < 4.78 is 32.9. The Kier molecular flexibility index (Phi) is 2.60. The minimum Gasteiger partial charge on any atom is -0.368 e. The number of hydrogen-bond donors (Lipinski definition) is 0. The molecule has 2 aliphatic heterocycles. The maximum atomic E-state index is 14.0. The molecule has 1 fully saturated rings. The molecule has 4 heteroatoms. The SMILES string of the molecule is Fc1ccc(-c2ccnc3c2C[C@@H]2CC[C@H]3O2)c(F)c1. The van der Waals surface area contributed by atoms with Crippen LogP contribution in [0.2, 0.25) is 0 Å². The lowest BCUT2D eigenvalue weighted by molar-refractivity contribution is 0.0296. The lowest BCUT2D eigenvalue weighted by atomic mass is 9.93. The summed E-state index contributed by atoms with van der Waals surface area (Å²) in [6.07, 6.45) is 4.67. The van der Waals surface area contributed by atoms with Crippen LogP contribution in [0.4, 0.5) is 8.78 Å². The monoisotopic (exact) mass is 273 g/mol. The normalized spacial score (nSPS) is 23.7. The molecule has 2 aromatic rings. The van der Waals surface area contributed by atoms with Crippen molar-refractivity contribution in [2.24, 2.45) is 0 Å². The number of rotatable bonds is 1. The van der Waals surface area contributed by atoms with Crippen LogP contribution in [0.5, 0.6) is 0 Å². The molecular weight excluding hydrogens is 260 g/mol. The summed E-state index contributed by atoms with van der Waals surface area (Å²) >= 11 is 0. The summed E-state index contributed by atoms with van der Waals surface area (Å²) in [6.45, 7) is 0. The lowest BCUT2D eigenvalue weighted by Crippen LogP contribution is -2.19. The standard InChI is InChI=1S/C16H13F2NO/c17-9-1-3-12(14(18)7-9)11-5-6-19-16-13(11)8-10-2-4-15(16)20-10/h1,3,5-7,10,15H,2,4,8H2/t10-,15+/m0/s1. The third kappa shape index (κ3) is 1.75. The fourth-order valence-corrected chi connectivity index (χ4v) is 3.25. The van der Waals surface area contributed by atoms with E-state index in [1.54, 1.807) is 12.3 Å². The van der Waals surface area contributed by atoms with Crippen molar-refractivity contribution in [3.8, 4) is 11.1 Å². The minimum absolute atomic E-state index is 0.0345. The Morgan fingerprint density at radius 2 is 2.00 bits per heavy atom. The van der Waals surface area contributed by atoms with E-state index >= 15 is 0 Å². The van der Waals surface area contributed by atoms with Gasteiger partial charge >= 0.3 is 0 Å². The summed E-state index contributed by atoms with van der Waals surface area (Å²) in [4.78, 5) is 4.41. The van der Waals surface area contributed by atoms with Crippen molar-refractivity contribution < 1.29 is 13.5 Å². The summed E-state index contributed by atoms with van der Waals surface area (Å²) in [5.74, 6) is -1.09. The molecule has 3 heterocycles. The molecule has 4 rings (SSSR count). The van der Waals surface area contributed by atoms with Gasteiger partial charge in [0.05, 0.1) is 11.8 Å². The predicted molar refractivity (Wildman–Crippen MR) is 70.1 cm³/mol. The topological polar surface area (TPSA) is 22.1 Å². The molecule has 20 heavy (non-hydrogen) atoms. The quantitative estimate of drug-likeness (QED) is 0.788. The molecule has 2 atom stereocenters. The molecule has 0 amide bonds. The van der Waals surface area contributed by atoms with E-state index in [0.717, 1.165) is 42.1 Å². The first kappa shape index (κ1) is 12.0. The van der Waals surface area contributed by atoms with E-state index in [2.05, 4.69) is 4.98 Å². The molecule has 2 bridgehead atoms. The Morgan fingerprint density at radius 1 is 1.10 bits per heavy atom. The van der Waals surface area contributed by atoms with E-state index in [-0.39, 0.29) is 12.2 Å². The van der Waals surface area contributed by atoms with Crippen LogP contribution < -0.4 is 0 Å². The molecule has 2 nitrogen and oxygen atoms in total. The van der Waals surface area contributed by atoms with Gasteiger partial charge in [0.15, 0.2) is 0 Å². The molecule has 2 aliphatic rings. The number of aromatic nitrogens is 1. The largest absolute Gasteiger partial charge is 0.368 e. The maximum absolute atomic E-state index is 14.0. The Morgan fingerprint density at radius 3 is 2.85 bits per heavy atom. The highest BCUT2D eigenvalue weighted by Crippen LogP contribution is 2.43. The van der Waals surface area contributed by atoms with Gasteiger partial charge in [-0.1, -0.05) is 0 Å². The number of halogens is 2. The molecule has 0 spiro atoms. The van der Waals surface area contributed by atoms with Crippen molar-refractivity contribution in [2.75, 3.05) is 0 Å². The van der Waals surface area contributed by atoms with Crippen LogP contribution in [0.1, 0.15) is 30.2 Å². The van der Waals surface area contributed by atoms with Crippen LogP contribution in [0.3, 0.4) is 0 Å². The number of nitrogens with zero attached hydrogens (tertiary/aromatic N) is 1. The van der Waals surface area contributed by atoms with Gasteiger partial charge in [-0.15, -0.1) is 0 Å². The second-order valence-corrected chi connectivity index (χ2v) is 5.37. The van der Waals surface area contributed by atoms with Crippen molar-refractivity contribution in [1.82, 2.24) is 4.98 Å². The van der Waals surface area contributed by atoms with Gasteiger partial charge in [-0.25, -0.2) is 8.78 Å². The minimum atomic E-state index is -0.558. The molecule has 0 unspecified atom stereocenters. The lowest BCUT2D eigenvalue weighted by Gasteiger charge is -2.25. The average molecular weight is 273 g/mol. The molecule has 1 aromatic carbocycles. The smallest absolute Gasteiger partial charge is 0.133 e. The van der Waals surface area contributed by atoms with Gasteiger partial charge in [0.25, 0.3) is 0 Å². The Bertz CT molecular complexity index is 686. The molecule has 0 saturated carbocycles. The number of hydrogen-bond acceptors (Lipinski definition) is 2. The Balaban J connectivity index is 1.89. The molecular formula is C16H13F2NO. The molecule has 0 aliphatic carbocycles. The van der Waals surface area contributed by atoms with Gasteiger partial charge in [0, 0.05) is 24.2 Å². The highest BCUT2D eigenvalue weighted by Gasteiger charge is 2.36. The van der Waals surface area contributed by atoms with Gasteiger partial charge in [-0.3, -0.25) is 4.98 Å². The first-order chi connectivity index (χ1) is 9.72. The molecule has 102 valence electrons. The van der Waals surface area contributed by atoms with E-state index in [4.69, 9.17) is 4.74 Å². The van der Waals surface area contributed by atoms with Crippen molar-refractivity contribution in [1.29, 1.82) is 0 Å². The number of pyridine rings is 1. The second kappa shape index (κ2) is 4.35. The zero-order chi connectivity index (χ0) is 13.7. The van der Waals surface area contributed by atoms with Crippen LogP contribution in [-0.4, -0.2) is 11.1 Å². The van der Waals surface area contributed by atoms with Crippen molar-refractivity contribution in [3.05, 3.63) is 53.4 Å². The van der Waals surface area contributed by atoms with Crippen molar-refractivity contribution in [3.63, 3.8) is 0 Å². The summed E-state index contributed by atoms with van der Waals surface area (Å²) in [5, 5.41) is 0. The van der Waals surface area contributed by atoms with E-state index in [9.17, 15) is 8.78 Å². The average Bonchev–Trinajstić information content (AvgIpc) is 2.82. The van der Waals surface area contributed by atoms with E-state index < -0.39 is 11.6 Å². The van der Waals surface area contributed by atoms with E-state index in [0.29, 0.717) is 5.56 Å². The summed E-state index contributed by atoms with van der Waals surface area (Å²) in [7, 11) is 0. The van der Waals surface area contributed by atoms with E-state index in [1.165, 1.54) is 12.1 Å². The van der Waals surface area contributed by atoms with Gasteiger partial charge < -0.3 is 4.74 Å². The summed E-state index contributed by atoms with van der Waals surface area (Å²) in [5.41, 5.74) is 3.22. The predicted octanol–water partition coefficient (Wildman–Crippen LogP) is 3.80. The fourth-order valence-electron chi connectivity index (χ4n) is 3.25. The van der Waals surface area contributed by atoms with Gasteiger partial charge in [0.1, 0.15) is 17.7 Å². The first-order valence-electron chi connectivity index (χ1n) is 6.81. The van der Waals surface area contributed by atoms with Crippen molar-refractivity contribution >= 4 is 0 Å². The van der Waals surface area contributed by atoms with E-state index in [1.807, 2.05) is 0 Å². The third-order valence-corrected chi connectivity index (χ3v) is 4.15. The molecule has 0 N–H and O–H groups in total. The van der Waals surface area contributed by atoms with Crippen LogP contribution in [0.15, 0.2) is 30.5 Å². The van der Waals surface area contributed by atoms with Gasteiger partial charge in [-0.2, -0.15) is 0 Å². The zero-order valence-corrected chi connectivity index (χ0v) is 10.8. The van der Waals surface area contributed by atoms with Crippen LogP contribution >= 0.6 is 0 Å². The number of benzene rings is 1. The second-order valence-electron chi connectivity index (χ2n) is 5.37. The molecule has 1 saturated heterocycles. The van der Waals surface area contributed by atoms with Crippen LogP contribution in [0, 0.1) is 11.6 Å². The third-order valence-electron chi connectivity index (χ3n) is 4.15. The molecule has 0 radical (unpaired) electrons. The Labute approximate surface area is 115 Å². The number of ether oxygens (including phenoxy) is 1. The number of fused-ring (bicyclic) bond motifs is 4. The maximum Gasteiger partial charge on any atom is 0.133 e. The molecule has 1 aromatic heterocycles. The van der Waals surface area contributed by atoms with Gasteiger partial charge in [-0.05, 0) is 42.2 Å². The Hall–Kier alpha value is -1.81. The van der Waals surface area contributed by atoms with Crippen molar-refractivity contribution in [2.45, 2.75) is 31.5 Å². The van der Waals surface area contributed by atoms with Gasteiger partial charge in [0.2, 0.25) is 0 Å².